The fraction of sp³-hybridized carbons (Fsp3) is 0.500. The Morgan fingerprint density at radius 1 is 1.21 bits per heavy atom. The smallest absolute Gasteiger partial charge is 0.253 e. The largest absolute Gasteiger partial charge is 0.336 e. The van der Waals surface area contributed by atoms with Crippen molar-refractivity contribution in [2.75, 3.05) is 37.7 Å². The lowest BCUT2D eigenvalue weighted by atomic mass is 10.1. The molecule has 0 aliphatic carbocycles. The van der Waals surface area contributed by atoms with Crippen LogP contribution in [0.15, 0.2) is 34.0 Å². The van der Waals surface area contributed by atoms with Crippen LogP contribution in [0.3, 0.4) is 0 Å². The van der Waals surface area contributed by atoms with Crippen LogP contribution in [0.25, 0.3) is 0 Å². The molecule has 1 unspecified atom stereocenters. The van der Waals surface area contributed by atoms with Gasteiger partial charge in [0.25, 0.3) is 5.91 Å². The third-order valence-electron chi connectivity index (χ3n) is 5.49. The number of carbonyl (C=O) groups excluding carboxylic acids is 1. The number of aryl methyl sites for hydroxylation is 1. The molecule has 0 radical (unpaired) electrons. The van der Waals surface area contributed by atoms with Crippen molar-refractivity contribution in [3.8, 4) is 0 Å². The van der Waals surface area contributed by atoms with Gasteiger partial charge in [-0.25, -0.2) is 13.4 Å². The molecule has 1 aromatic carbocycles. The summed E-state index contributed by atoms with van der Waals surface area (Å²) in [4.78, 5) is 21.4. The van der Waals surface area contributed by atoms with Gasteiger partial charge in [-0.2, -0.15) is 0 Å². The second kappa shape index (κ2) is 8.75. The molecule has 2 aliphatic rings. The summed E-state index contributed by atoms with van der Waals surface area (Å²) < 4.78 is 24.5. The second-order valence-corrected chi connectivity index (χ2v) is 11.9. The van der Waals surface area contributed by atoms with Crippen LogP contribution < -0.4 is 0 Å². The number of nitrogens with zero attached hydrogens (tertiary/aromatic N) is 3. The van der Waals surface area contributed by atoms with Crippen LogP contribution in [-0.4, -0.2) is 72.8 Å². The van der Waals surface area contributed by atoms with E-state index in [2.05, 4.69) is 15.3 Å². The fourth-order valence-electron chi connectivity index (χ4n) is 3.82. The average molecular weight is 452 g/mol. The van der Waals surface area contributed by atoms with Crippen molar-refractivity contribution in [3.63, 3.8) is 0 Å². The second-order valence-electron chi connectivity index (χ2n) is 7.63. The van der Waals surface area contributed by atoms with Gasteiger partial charge >= 0.3 is 0 Å². The minimum absolute atomic E-state index is 0.0541. The van der Waals surface area contributed by atoms with Crippen molar-refractivity contribution in [3.05, 3.63) is 46.5 Å². The van der Waals surface area contributed by atoms with E-state index in [0.29, 0.717) is 24.4 Å². The van der Waals surface area contributed by atoms with Crippen LogP contribution in [0.5, 0.6) is 0 Å². The number of amides is 1. The molecular weight excluding hydrogens is 426 g/mol. The van der Waals surface area contributed by atoms with Gasteiger partial charge in [0.1, 0.15) is 4.34 Å². The number of hydrogen-bond donors (Lipinski definition) is 0. The summed E-state index contributed by atoms with van der Waals surface area (Å²) in [5.41, 5.74) is 2.93. The van der Waals surface area contributed by atoms with Gasteiger partial charge in [-0.05, 0) is 31.0 Å². The Bertz CT molecular complexity index is 964. The summed E-state index contributed by atoms with van der Waals surface area (Å²) in [6.07, 6.45) is 0.719. The van der Waals surface area contributed by atoms with Gasteiger partial charge in [0.2, 0.25) is 0 Å². The van der Waals surface area contributed by atoms with Crippen molar-refractivity contribution < 1.29 is 13.2 Å². The molecule has 4 rings (SSSR count). The molecule has 2 fully saturated rings. The minimum Gasteiger partial charge on any atom is -0.336 e. The number of thiazole rings is 1. The first-order valence-corrected chi connectivity index (χ1v) is 13.5. The van der Waals surface area contributed by atoms with E-state index in [-0.39, 0.29) is 17.7 Å². The zero-order chi connectivity index (χ0) is 20.4. The molecular formula is C20H25N3O3S3. The van der Waals surface area contributed by atoms with Crippen LogP contribution >= 0.6 is 23.1 Å². The lowest BCUT2D eigenvalue weighted by molar-refractivity contribution is 0.0588. The molecule has 3 heterocycles. The molecule has 156 valence electrons. The lowest BCUT2D eigenvalue weighted by Crippen LogP contribution is -2.52. The summed E-state index contributed by atoms with van der Waals surface area (Å²) in [7, 11) is -2.87. The number of thioether (sulfide) groups is 1. The van der Waals surface area contributed by atoms with Gasteiger partial charge < -0.3 is 4.90 Å². The molecule has 29 heavy (non-hydrogen) atoms. The Hall–Kier alpha value is -1.42. The Kier molecular flexibility index (Phi) is 6.29. The highest BCUT2D eigenvalue weighted by Gasteiger charge is 2.34. The summed E-state index contributed by atoms with van der Waals surface area (Å²) in [6, 6.07) is 7.96. The number of sulfone groups is 1. The highest BCUT2D eigenvalue weighted by Crippen LogP contribution is 2.26. The zero-order valence-electron chi connectivity index (χ0n) is 16.4. The maximum absolute atomic E-state index is 12.8. The number of hydrogen-bond acceptors (Lipinski definition) is 7. The summed E-state index contributed by atoms with van der Waals surface area (Å²) in [6.45, 7) is 4.78. The van der Waals surface area contributed by atoms with Crippen molar-refractivity contribution >= 4 is 38.8 Å². The fourth-order valence-corrected chi connectivity index (χ4v) is 7.39. The Morgan fingerprint density at radius 3 is 2.52 bits per heavy atom. The molecule has 9 heteroatoms. The molecule has 1 aromatic heterocycles. The molecule has 6 nitrogen and oxygen atoms in total. The highest BCUT2D eigenvalue weighted by atomic mass is 32.2. The van der Waals surface area contributed by atoms with Crippen molar-refractivity contribution in [1.82, 2.24) is 14.8 Å². The molecule has 0 N–H and O–H groups in total. The summed E-state index contributed by atoms with van der Waals surface area (Å²) >= 11 is 3.37. The number of rotatable bonds is 5. The number of piperazine rings is 1. The van der Waals surface area contributed by atoms with E-state index in [1.54, 1.807) is 23.1 Å². The molecule has 2 saturated heterocycles. The van der Waals surface area contributed by atoms with Crippen LogP contribution in [0.1, 0.15) is 28.0 Å². The maximum Gasteiger partial charge on any atom is 0.253 e. The Morgan fingerprint density at radius 2 is 1.93 bits per heavy atom. The third-order valence-corrected chi connectivity index (χ3v) is 9.45. The summed E-state index contributed by atoms with van der Waals surface area (Å²) in [5, 5.41) is 2.05. The van der Waals surface area contributed by atoms with E-state index in [4.69, 9.17) is 0 Å². The molecule has 2 aromatic rings. The Balaban J connectivity index is 1.28. The van der Waals surface area contributed by atoms with Crippen LogP contribution in [0.2, 0.25) is 0 Å². The van der Waals surface area contributed by atoms with Gasteiger partial charge in [-0.1, -0.05) is 23.9 Å². The van der Waals surface area contributed by atoms with Gasteiger partial charge in [0.05, 0.1) is 11.5 Å². The van der Waals surface area contributed by atoms with Crippen LogP contribution in [0.4, 0.5) is 0 Å². The van der Waals surface area contributed by atoms with E-state index in [0.717, 1.165) is 35.3 Å². The molecule has 0 saturated carbocycles. The average Bonchev–Trinajstić information content (AvgIpc) is 3.31. The van der Waals surface area contributed by atoms with Crippen LogP contribution in [-0.2, 0) is 15.6 Å². The predicted octanol–water partition coefficient (Wildman–Crippen LogP) is 2.69. The van der Waals surface area contributed by atoms with E-state index >= 15 is 0 Å². The van der Waals surface area contributed by atoms with Gasteiger partial charge in [-0.15, -0.1) is 11.3 Å². The predicted molar refractivity (Wildman–Crippen MR) is 117 cm³/mol. The normalized spacial score (nSPS) is 22.1. The topological polar surface area (TPSA) is 70.6 Å². The van der Waals surface area contributed by atoms with Gasteiger partial charge in [-0.3, -0.25) is 9.69 Å². The van der Waals surface area contributed by atoms with Gasteiger partial charge in [0.15, 0.2) is 9.84 Å². The van der Waals surface area contributed by atoms with Crippen molar-refractivity contribution in [2.45, 2.75) is 29.5 Å². The standard InChI is InChI=1S/C20H25N3O3S3/c1-15-12-27-20(21-15)28-13-16-2-4-17(5-3-16)19(24)23-9-7-22(8-10-23)18-6-11-29(25,26)14-18/h2-5,12,18H,6-11,13-14H2,1H3. The van der Waals surface area contributed by atoms with Gasteiger partial charge in [0, 0.05) is 54.6 Å². The molecule has 0 bridgehead atoms. The SMILES string of the molecule is Cc1csc(SCc2ccc(C(=O)N3CCN(C4CCS(=O)(=O)C4)CC3)cc2)n1. The van der Waals surface area contributed by atoms with Crippen molar-refractivity contribution in [1.29, 1.82) is 0 Å². The van der Waals surface area contributed by atoms with E-state index < -0.39 is 9.84 Å². The maximum atomic E-state index is 12.8. The number of aromatic nitrogens is 1. The number of carbonyl (C=O) groups is 1. The third kappa shape index (κ3) is 5.20. The van der Waals surface area contributed by atoms with E-state index in [9.17, 15) is 13.2 Å². The molecule has 1 atom stereocenters. The number of benzene rings is 1. The zero-order valence-corrected chi connectivity index (χ0v) is 18.9. The minimum atomic E-state index is -2.87. The first kappa shape index (κ1) is 20.8. The molecule has 1 amide bonds. The van der Waals surface area contributed by atoms with Crippen molar-refractivity contribution in [2.24, 2.45) is 0 Å². The highest BCUT2D eigenvalue weighted by molar-refractivity contribution is 8.00. The first-order chi connectivity index (χ1) is 13.9. The first-order valence-electron chi connectivity index (χ1n) is 9.77. The Labute approximate surface area is 180 Å². The van der Waals surface area contributed by atoms with E-state index in [1.807, 2.05) is 36.1 Å². The van der Waals surface area contributed by atoms with E-state index in [1.165, 1.54) is 5.56 Å². The quantitative estimate of drug-likeness (QED) is 0.651. The lowest BCUT2D eigenvalue weighted by Gasteiger charge is -2.37. The monoisotopic (exact) mass is 451 g/mol. The summed E-state index contributed by atoms with van der Waals surface area (Å²) in [5.74, 6) is 1.45. The molecule has 2 aliphatic heterocycles. The van der Waals surface area contributed by atoms with Crippen LogP contribution in [0, 0.1) is 6.92 Å². The molecule has 0 spiro atoms.